The number of ether oxygens (including phenoxy) is 1. The maximum atomic E-state index is 13.5. The van der Waals surface area contributed by atoms with Gasteiger partial charge in [0.1, 0.15) is 29.5 Å². The number of aromatic nitrogens is 4. The Morgan fingerprint density at radius 1 is 1.19 bits per heavy atom. The SMILES string of the molecule is CCCc1nn(C)c2c(=S)nc(-c3cc(S(=O)(=O)N4CC(O)N(CC)CC4O)ccc3OCC)[nH]c12. The standard InChI is InChI=1S/C23H32N6O5S2/c1-5-8-16-20-21(27(4)26-16)23(35)25-22(24-20)15-11-14(9-10-17(15)34-7-3)36(32,33)29-13-18(30)28(6-2)12-19(29)31/h9-11,18-19,30-31H,5-8,12-13H2,1-4H3,(H,24,25,35). The van der Waals surface area contributed by atoms with Crippen molar-refractivity contribution in [1.82, 2.24) is 29.0 Å². The third-order valence-electron chi connectivity index (χ3n) is 6.28. The normalized spacial score (nSPS) is 19.7. The largest absolute Gasteiger partial charge is 0.493 e. The number of benzene rings is 1. The van der Waals surface area contributed by atoms with Crippen LogP contribution in [0.2, 0.25) is 0 Å². The molecule has 1 saturated heterocycles. The Kier molecular flexibility index (Phi) is 7.78. The molecule has 0 aliphatic carbocycles. The van der Waals surface area contributed by atoms with Crippen LogP contribution in [0.25, 0.3) is 22.4 Å². The van der Waals surface area contributed by atoms with Crippen LogP contribution in [-0.4, -0.2) is 86.3 Å². The molecule has 0 bridgehead atoms. The molecule has 1 aliphatic heterocycles. The van der Waals surface area contributed by atoms with Gasteiger partial charge in [-0.05, 0) is 38.1 Å². The van der Waals surface area contributed by atoms with E-state index in [0.29, 0.717) is 40.4 Å². The second kappa shape index (κ2) is 10.5. The van der Waals surface area contributed by atoms with Gasteiger partial charge < -0.3 is 19.9 Å². The van der Waals surface area contributed by atoms with Crippen LogP contribution >= 0.6 is 12.2 Å². The van der Waals surface area contributed by atoms with Crippen molar-refractivity contribution in [2.75, 3.05) is 26.2 Å². The van der Waals surface area contributed by atoms with E-state index in [4.69, 9.17) is 17.0 Å². The number of nitrogens with one attached hydrogen (secondary N) is 1. The minimum atomic E-state index is -4.15. The summed E-state index contributed by atoms with van der Waals surface area (Å²) < 4.78 is 35.8. The van der Waals surface area contributed by atoms with Crippen LogP contribution < -0.4 is 4.74 Å². The summed E-state index contributed by atoms with van der Waals surface area (Å²) in [7, 11) is -2.34. The van der Waals surface area contributed by atoms with E-state index >= 15 is 0 Å². The highest BCUT2D eigenvalue weighted by Gasteiger charge is 2.39. The molecule has 4 rings (SSSR count). The lowest BCUT2D eigenvalue weighted by Gasteiger charge is -2.40. The Morgan fingerprint density at radius 3 is 2.61 bits per heavy atom. The number of sulfonamides is 1. The van der Waals surface area contributed by atoms with E-state index in [1.807, 2.05) is 20.9 Å². The molecule has 0 radical (unpaired) electrons. The molecule has 1 aliphatic rings. The van der Waals surface area contributed by atoms with Crippen LogP contribution in [-0.2, 0) is 23.5 Å². The molecule has 2 atom stereocenters. The van der Waals surface area contributed by atoms with Gasteiger partial charge in [-0.1, -0.05) is 32.5 Å². The highest BCUT2D eigenvalue weighted by Crippen LogP contribution is 2.34. The van der Waals surface area contributed by atoms with E-state index in [0.717, 1.165) is 28.4 Å². The number of fused-ring (bicyclic) bond motifs is 1. The first-order valence-corrected chi connectivity index (χ1v) is 13.8. The van der Waals surface area contributed by atoms with Crippen molar-refractivity contribution in [2.24, 2.45) is 7.05 Å². The number of H-pyrrole nitrogens is 1. The second-order valence-electron chi connectivity index (χ2n) is 8.65. The number of aryl methyl sites for hydroxylation is 2. The number of hydrogen-bond donors (Lipinski definition) is 3. The fourth-order valence-corrected chi connectivity index (χ4v) is 6.31. The minimum absolute atomic E-state index is 0.00725. The molecule has 0 spiro atoms. The molecule has 3 N–H and O–H groups in total. The van der Waals surface area contributed by atoms with E-state index in [9.17, 15) is 18.6 Å². The Labute approximate surface area is 215 Å². The third-order valence-corrected chi connectivity index (χ3v) is 8.42. The maximum absolute atomic E-state index is 13.5. The van der Waals surface area contributed by atoms with Crippen LogP contribution in [0.1, 0.15) is 32.9 Å². The number of β-amino-alcohol motifs (C(OH)–C–C–N with tert-alkyl or cyclic N) is 2. The van der Waals surface area contributed by atoms with Gasteiger partial charge in [-0.25, -0.2) is 13.4 Å². The average molecular weight is 537 g/mol. The number of aromatic amines is 1. The molecule has 2 unspecified atom stereocenters. The van der Waals surface area contributed by atoms with Crippen molar-refractivity contribution in [3.8, 4) is 17.1 Å². The lowest BCUT2D eigenvalue weighted by molar-refractivity contribution is -0.104. The summed E-state index contributed by atoms with van der Waals surface area (Å²) in [5.41, 5.74) is 2.71. The average Bonchev–Trinajstić information content (AvgIpc) is 3.16. The topological polar surface area (TPSA) is 137 Å². The summed E-state index contributed by atoms with van der Waals surface area (Å²) in [5, 5.41) is 25.5. The van der Waals surface area contributed by atoms with Crippen molar-refractivity contribution in [2.45, 2.75) is 51.0 Å². The van der Waals surface area contributed by atoms with Crippen molar-refractivity contribution in [3.63, 3.8) is 0 Å². The summed E-state index contributed by atoms with van der Waals surface area (Å²) >= 11 is 5.57. The fourth-order valence-electron chi connectivity index (χ4n) is 4.49. The Hall–Kier alpha value is -2.42. The first-order chi connectivity index (χ1) is 17.1. The molecule has 0 amide bonds. The summed E-state index contributed by atoms with van der Waals surface area (Å²) in [5.74, 6) is 0.793. The molecule has 3 heterocycles. The predicted octanol–water partition coefficient (Wildman–Crippen LogP) is 2.01. The molecular weight excluding hydrogens is 504 g/mol. The Morgan fingerprint density at radius 2 is 1.94 bits per heavy atom. The van der Waals surface area contributed by atoms with Gasteiger partial charge >= 0.3 is 0 Å². The van der Waals surface area contributed by atoms with E-state index < -0.39 is 22.5 Å². The molecule has 1 aromatic carbocycles. The zero-order chi connectivity index (χ0) is 26.2. The lowest BCUT2D eigenvalue weighted by Crippen LogP contribution is -2.59. The van der Waals surface area contributed by atoms with E-state index in [1.54, 1.807) is 15.6 Å². The first kappa shape index (κ1) is 26.6. The smallest absolute Gasteiger partial charge is 0.245 e. The molecule has 36 heavy (non-hydrogen) atoms. The Balaban J connectivity index is 1.84. The van der Waals surface area contributed by atoms with E-state index in [2.05, 4.69) is 22.0 Å². The number of aliphatic hydroxyl groups excluding tert-OH is 2. The predicted molar refractivity (Wildman–Crippen MR) is 137 cm³/mol. The summed E-state index contributed by atoms with van der Waals surface area (Å²) in [6.45, 7) is 6.33. The minimum Gasteiger partial charge on any atom is -0.493 e. The zero-order valence-corrected chi connectivity index (χ0v) is 22.4. The van der Waals surface area contributed by atoms with E-state index in [1.165, 1.54) is 12.1 Å². The van der Waals surface area contributed by atoms with Gasteiger partial charge in [-0.15, -0.1) is 0 Å². The van der Waals surface area contributed by atoms with Crippen LogP contribution in [0.3, 0.4) is 0 Å². The van der Waals surface area contributed by atoms with Gasteiger partial charge in [0.05, 0.1) is 34.8 Å². The van der Waals surface area contributed by atoms with Crippen molar-refractivity contribution >= 4 is 33.3 Å². The molecule has 0 saturated carbocycles. The highest BCUT2D eigenvalue weighted by atomic mass is 32.2. The first-order valence-electron chi connectivity index (χ1n) is 12.0. The van der Waals surface area contributed by atoms with Crippen LogP contribution in [0.15, 0.2) is 23.1 Å². The van der Waals surface area contributed by atoms with E-state index in [-0.39, 0.29) is 18.0 Å². The molecule has 11 nitrogen and oxygen atoms in total. The quantitative estimate of drug-likeness (QED) is 0.369. The molecule has 3 aromatic rings. The fraction of sp³-hybridized carbons (Fsp3) is 0.522. The van der Waals surface area contributed by atoms with Crippen LogP contribution in [0, 0.1) is 4.64 Å². The van der Waals surface area contributed by atoms with Gasteiger partial charge in [0.15, 0.2) is 4.64 Å². The number of nitrogens with zero attached hydrogens (tertiary/aromatic N) is 5. The number of aliphatic hydroxyl groups is 2. The molecule has 2 aromatic heterocycles. The molecule has 196 valence electrons. The lowest BCUT2D eigenvalue weighted by atomic mass is 10.1. The highest BCUT2D eigenvalue weighted by molar-refractivity contribution is 7.89. The third kappa shape index (κ3) is 4.78. The van der Waals surface area contributed by atoms with Gasteiger partial charge in [0.25, 0.3) is 0 Å². The van der Waals surface area contributed by atoms with Crippen LogP contribution in [0.5, 0.6) is 5.75 Å². The number of piperazine rings is 1. The number of rotatable bonds is 8. The van der Waals surface area contributed by atoms with Gasteiger partial charge in [0, 0.05) is 13.6 Å². The number of likely N-dealkylation sites (N-methyl/N-ethyl adjacent to an activating group) is 1. The molecular formula is C23H32N6O5S2. The summed E-state index contributed by atoms with van der Waals surface area (Å²) in [6.07, 6.45) is -0.677. The molecule has 13 heteroatoms. The Bertz CT molecular complexity index is 1420. The van der Waals surface area contributed by atoms with Crippen molar-refractivity contribution in [3.05, 3.63) is 28.5 Å². The zero-order valence-electron chi connectivity index (χ0n) is 20.8. The second-order valence-corrected chi connectivity index (χ2v) is 10.9. The van der Waals surface area contributed by atoms with Crippen molar-refractivity contribution < 1.29 is 23.4 Å². The summed E-state index contributed by atoms with van der Waals surface area (Å²) in [6, 6.07) is 4.45. The van der Waals surface area contributed by atoms with Gasteiger partial charge in [-0.3, -0.25) is 9.58 Å². The van der Waals surface area contributed by atoms with Gasteiger partial charge in [-0.2, -0.15) is 9.40 Å². The summed E-state index contributed by atoms with van der Waals surface area (Å²) in [4.78, 5) is 9.40. The number of hydrogen-bond acceptors (Lipinski definition) is 9. The molecule has 1 fully saturated rings. The maximum Gasteiger partial charge on any atom is 0.245 e. The van der Waals surface area contributed by atoms with Gasteiger partial charge in [0.2, 0.25) is 10.0 Å². The van der Waals surface area contributed by atoms with Crippen molar-refractivity contribution in [1.29, 1.82) is 0 Å². The van der Waals surface area contributed by atoms with Crippen LogP contribution in [0.4, 0.5) is 0 Å². The monoisotopic (exact) mass is 536 g/mol.